The zero-order valence-electron chi connectivity index (χ0n) is 10.8. The number of aromatic amines is 1. The number of amides is 1. The van der Waals surface area contributed by atoms with Crippen molar-refractivity contribution in [1.82, 2.24) is 24.9 Å². The fourth-order valence-corrected chi connectivity index (χ4v) is 2.50. The lowest BCUT2D eigenvalue weighted by Crippen LogP contribution is -2.23. The minimum atomic E-state index is -0.191. The van der Waals surface area contributed by atoms with Gasteiger partial charge in [0.05, 0.1) is 17.8 Å². The Kier molecular flexibility index (Phi) is 3.42. The standard InChI is InChI=1S/C13H13N5OS/c1-20-13-16-11(10-4-2-3-7-18(10)13)12(19)14-8-9-5-6-15-17-9/h2-7H,8H2,1H3,(H,14,19)(H,15,17). The van der Waals surface area contributed by atoms with Crippen molar-refractivity contribution >= 4 is 23.2 Å². The summed E-state index contributed by atoms with van der Waals surface area (Å²) in [5.41, 5.74) is 2.10. The summed E-state index contributed by atoms with van der Waals surface area (Å²) < 4.78 is 1.91. The van der Waals surface area contributed by atoms with Crippen LogP contribution < -0.4 is 5.32 Å². The van der Waals surface area contributed by atoms with E-state index in [-0.39, 0.29) is 5.91 Å². The molecule has 0 unspecified atom stereocenters. The molecule has 6 nitrogen and oxygen atoms in total. The molecule has 3 rings (SSSR count). The second-order valence-corrected chi connectivity index (χ2v) is 4.94. The molecular formula is C13H13N5OS. The molecule has 0 aromatic carbocycles. The fraction of sp³-hybridized carbons (Fsp3) is 0.154. The molecule has 1 amide bonds. The number of pyridine rings is 1. The van der Waals surface area contributed by atoms with Crippen LogP contribution in [0.4, 0.5) is 0 Å². The predicted molar refractivity (Wildman–Crippen MR) is 76.7 cm³/mol. The highest BCUT2D eigenvalue weighted by molar-refractivity contribution is 7.98. The molecule has 7 heteroatoms. The van der Waals surface area contributed by atoms with Gasteiger partial charge in [-0.1, -0.05) is 17.8 Å². The number of carbonyl (C=O) groups excluding carboxylic acids is 1. The van der Waals surface area contributed by atoms with Crippen molar-refractivity contribution in [2.24, 2.45) is 0 Å². The highest BCUT2D eigenvalue weighted by Crippen LogP contribution is 2.19. The third-order valence-corrected chi connectivity index (χ3v) is 3.56. The number of fused-ring (bicyclic) bond motifs is 1. The summed E-state index contributed by atoms with van der Waals surface area (Å²) in [6, 6.07) is 7.52. The number of H-pyrrole nitrogens is 1. The molecule has 3 aromatic heterocycles. The van der Waals surface area contributed by atoms with Crippen molar-refractivity contribution in [1.29, 1.82) is 0 Å². The first-order valence-electron chi connectivity index (χ1n) is 6.07. The average Bonchev–Trinajstić information content (AvgIpc) is 3.12. The molecule has 0 aliphatic heterocycles. The van der Waals surface area contributed by atoms with Crippen molar-refractivity contribution in [3.05, 3.63) is 48.0 Å². The molecule has 0 atom stereocenters. The van der Waals surface area contributed by atoms with E-state index in [0.29, 0.717) is 12.2 Å². The SMILES string of the molecule is CSc1nc(C(=O)NCc2ccn[nH]2)c2ccccn12. The van der Waals surface area contributed by atoms with Gasteiger partial charge in [-0.05, 0) is 24.5 Å². The first-order valence-corrected chi connectivity index (χ1v) is 7.29. The molecule has 0 saturated heterocycles. The van der Waals surface area contributed by atoms with Crippen molar-refractivity contribution in [3.8, 4) is 0 Å². The highest BCUT2D eigenvalue weighted by atomic mass is 32.2. The summed E-state index contributed by atoms with van der Waals surface area (Å²) in [5, 5.41) is 10.3. The molecular weight excluding hydrogens is 274 g/mol. The Morgan fingerprint density at radius 1 is 1.45 bits per heavy atom. The summed E-state index contributed by atoms with van der Waals surface area (Å²) >= 11 is 1.51. The Labute approximate surface area is 119 Å². The summed E-state index contributed by atoms with van der Waals surface area (Å²) in [7, 11) is 0. The van der Waals surface area contributed by atoms with Gasteiger partial charge in [0.15, 0.2) is 10.9 Å². The van der Waals surface area contributed by atoms with Gasteiger partial charge in [0.25, 0.3) is 5.91 Å². The Balaban J connectivity index is 1.87. The first kappa shape index (κ1) is 12.7. The summed E-state index contributed by atoms with van der Waals surface area (Å²) in [5.74, 6) is -0.191. The Hall–Kier alpha value is -2.28. The van der Waals surface area contributed by atoms with Crippen LogP contribution in [0.15, 0.2) is 41.8 Å². The molecule has 3 heterocycles. The van der Waals surface area contributed by atoms with E-state index in [1.54, 1.807) is 6.20 Å². The number of imidazole rings is 1. The smallest absolute Gasteiger partial charge is 0.272 e. The average molecular weight is 287 g/mol. The molecule has 0 aliphatic rings. The van der Waals surface area contributed by atoms with Crippen LogP contribution in [0.2, 0.25) is 0 Å². The van der Waals surface area contributed by atoms with Gasteiger partial charge in [0.1, 0.15) is 0 Å². The van der Waals surface area contributed by atoms with Crippen LogP contribution in [0.3, 0.4) is 0 Å². The zero-order valence-corrected chi connectivity index (χ0v) is 11.6. The second kappa shape index (κ2) is 5.38. The van der Waals surface area contributed by atoms with Crippen LogP contribution >= 0.6 is 11.8 Å². The van der Waals surface area contributed by atoms with Crippen LogP contribution in [-0.4, -0.2) is 31.7 Å². The fourth-order valence-electron chi connectivity index (χ4n) is 1.96. The molecule has 0 spiro atoms. The number of aromatic nitrogens is 4. The Morgan fingerprint density at radius 3 is 3.10 bits per heavy atom. The lowest BCUT2D eigenvalue weighted by molar-refractivity contribution is 0.0947. The molecule has 102 valence electrons. The van der Waals surface area contributed by atoms with Gasteiger partial charge in [-0.2, -0.15) is 5.10 Å². The van der Waals surface area contributed by atoms with E-state index >= 15 is 0 Å². The normalized spacial score (nSPS) is 10.8. The van der Waals surface area contributed by atoms with Crippen LogP contribution in [0.25, 0.3) is 5.52 Å². The molecule has 0 bridgehead atoms. The van der Waals surface area contributed by atoms with E-state index in [1.165, 1.54) is 11.8 Å². The lowest BCUT2D eigenvalue weighted by Gasteiger charge is -2.01. The van der Waals surface area contributed by atoms with Crippen LogP contribution in [0.5, 0.6) is 0 Å². The monoisotopic (exact) mass is 287 g/mol. The third kappa shape index (κ3) is 2.27. The molecule has 0 saturated carbocycles. The maximum atomic E-state index is 12.3. The molecule has 20 heavy (non-hydrogen) atoms. The number of nitrogens with one attached hydrogen (secondary N) is 2. The zero-order chi connectivity index (χ0) is 13.9. The Morgan fingerprint density at radius 2 is 2.35 bits per heavy atom. The number of hydrogen-bond acceptors (Lipinski definition) is 4. The summed E-state index contributed by atoms with van der Waals surface area (Å²) in [6.45, 7) is 0.402. The number of hydrogen-bond donors (Lipinski definition) is 2. The van der Waals surface area contributed by atoms with Gasteiger partial charge in [0, 0.05) is 12.4 Å². The largest absolute Gasteiger partial charge is 0.345 e. The molecule has 2 N–H and O–H groups in total. The quantitative estimate of drug-likeness (QED) is 0.716. The van der Waals surface area contributed by atoms with Crippen molar-refractivity contribution < 1.29 is 4.79 Å². The number of nitrogens with zero attached hydrogens (tertiary/aromatic N) is 3. The minimum Gasteiger partial charge on any atom is -0.345 e. The van der Waals surface area contributed by atoms with E-state index < -0.39 is 0 Å². The Bertz CT molecular complexity index is 734. The molecule has 3 aromatic rings. The first-order chi connectivity index (χ1) is 9.79. The highest BCUT2D eigenvalue weighted by Gasteiger charge is 2.16. The summed E-state index contributed by atoms with van der Waals surface area (Å²) in [6.07, 6.45) is 5.49. The topological polar surface area (TPSA) is 75.1 Å². The van der Waals surface area contributed by atoms with E-state index in [1.807, 2.05) is 41.1 Å². The van der Waals surface area contributed by atoms with Gasteiger partial charge in [-0.15, -0.1) is 0 Å². The van der Waals surface area contributed by atoms with Crippen LogP contribution in [-0.2, 0) is 6.54 Å². The second-order valence-electron chi connectivity index (χ2n) is 4.17. The van der Waals surface area contributed by atoms with E-state index in [2.05, 4.69) is 20.5 Å². The van der Waals surface area contributed by atoms with Crippen molar-refractivity contribution in [2.45, 2.75) is 11.7 Å². The van der Waals surface area contributed by atoms with Gasteiger partial charge < -0.3 is 5.32 Å². The number of rotatable bonds is 4. The third-order valence-electron chi connectivity index (χ3n) is 2.91. The van der Waals surface area contributed by atoms with Crippen molar-refractivity contribution in [3.63, 3.8) is 0 Å². The van der Waals surface area contributed by atoms with E-state index in [4.69, 9.17) is 0 Å². The molecule has 0 aliphatic carbocycles. The summed E-state index contributed by atoms with van der Waals surface area (Å²) in [4.78, 5) is 16.6. The lowest BCUT2D eigenvalue weighted by atomic mass is 10.3. The minimum absolute atomic E-state index is 0.191. The predicted octanol–water partition coefficient (Wildman–Crippen LogP) is 1.71. The maximum Gasteiger partial charge on any atom is 0.272 e. The number of carbonyl (C=O) groups is 1. The van der Waals surface area contributed by atoms with E-state index in [9.17, 15) is 4.79 Å². The molecule has 0 fully saturated rings. The van der Waals surface area contributed by atoms with Crippen LogP contribution in [0.1, 0.15) is 16.2 Å². The van der Waals surface area contributed by atoms with Crippen LogP contribution in [0, 0.1) is 0 Å². The molecule has 0 radical (unpaired) electrons. The van der Waals surface area contributed by atoms with Gasteiger partial charge in [-0.3, -0.25) is 14.3 Å². The van der Waals surface area contributed by atoms with Gasteiger partial charge in [-0.25, -0.2) is 4.98 Å². The van der Waals surface area contributed by atoms with Gasteiger partial charge in [0.2, 0.25) is 0 Å². The van der Waals surface area contributed by atoms with Crippen molar-refractivity contribution in [2.75, 3.05) is 6.26 Å². The number of thioether (sulfide) groups is 1. The maximum absolute atomic E-state index is 12.3. The van der Waals surface area contributed by atoms with E-state index in [0.717, 1.165) is 16.4 Å². The van der Waals surface area contributed by atoms with Gasteiger partial charge >= 0.3 is 0 Å².